The normalized spacial score (nSPS) is 19.2. The topological polar surface area (TPSA) is 53.0 Å². The van der Waals surface area contributed by atoms with Crippen LogP contribution in [0.2, 0.25) is 0 Å². The lowest BCUT2D eigenvalue weighted by atomic mass is 9.86. The Kier molecular flexibility index (Phi) is 11.1. The van der Waals surface area contributed by atoms with E-state index in [4.69, 9.17) is 4.74 Å². The van der Waals surface area contributed by atoms with Gasteiger partial charge in [-0.2, -0.15) is 0 Å². The summed E-state index contributed by atoms with van der Waals surface area (Å²) in [6.07, 6.45) is 10.2. The van der Waals surface area contributed by atoms with Crippen molar-refractivity contribution in [3.63, 3.8) is 0 Å². The van der Waals surface area contributed by atoms with E-state index in [9.17, 15) is 9.90 Å². The number of carbonyl (C=O) groups is 1. The quantitative estimate of drug-likeness (QED) is 0.465. The number of amides is 1. The minimum absolute atomic E-state index is 0. The summed E-state index contributed by atoms with van der Waals surface area (Å²) >= 11 is 0. The summed E-state index contributed by atoms with van der Waals surface area (Å²) in [5, 5.41) is 9.72. The van der Waals surface area contributed by atoms with Crippen molar-refractivity contribution in [3.05, 3.63) is 29.8 Å². The summed E-state index contributed by atoms with van der Waals surface area (Å²) in [6.45, 7) is 4.17. The Hall–Kier alpha value is -1.72. The zero-order valence-electron chi connectivity index (χ0n) is 18.3. The fourth-order valence-corrected chi connectivity index (χ4v) is 3.80. The molecule has 1 amide bonds. The molecular formula is C23H37ClN2O3. The Morgan fingerprint density at radius 2 is 1.83 bits per heavy atom. The molecule has 1 aliphatic carbocycles. The van der Waals surface area contributed by atoms with Crippen LogP contribution in [0.3, 0.4) is 0 Å². The number of rotatable bonds is 9. The van der Waals surface area contributed by atoms with Crippen LogP contribution >= 0.6 is 12.4 Å². The van der Waals surface area contributed by atoms with Gasteiger partial charge in [-0.1, -0.05) is 13.0 Å². The third kappa shape index (κ3) is 8.27. The van der Waals surface area contributed by atoms with Gasteiger partial charge in [0, 0.05) is 18.7 Å². The maximum absolute atomic E-state index is 13.0. The molecule has 1 aromatic carbocycles. The monoisotopic (exact) mass is 424 g/mol. The summed E-state index contributed by atoms with van der Waals surface area (Å²) in [5.41, 5.74) is 0.841. The highest BCUT2D eigenvalue weighted by molar-refractivity contribution is 5.92. The Morgan fingerprint density at radius 1 is 1.17 bits per heavy atom. The number of unbranched alkanes of at least 4 members (excludes halogenated alkanes) is 1. The van der Waals surface area contributed by atoms with Crippen LogP contribution in [-0.2, 0) is 4.79 Å². The zero-order valence-corrected chi connectivity index (χ0v) is 19.1. The summed E-state index contributed by atoms with van der Waals surface area (Å²) in [4.78, 5) is 17.3. The van der Waals surface area contributed by atoms with E-state index in [2.05, 4.69) is 30.8 Å². The summed E-state index contributed by atoms with van der Waals surface area (Å²) in [6, 6.07) is 5.46. The minimum Gasteiger partial charge on any atom is -0.504 e. The number of phenols is 1. The van der Waals surface area contributed by atoms with Gasteiger partial charge >= 0.3 is 0 Å². The molecule has 0 radical (unpaired) electrons. The zero-order chi connectivity index (χ0) is 20.5. The smallest absolute Gasteiger partial charge is 0.246 e. The van der Waals surface area contributed by atoms with Gasteiger partial charge < -0.3 is 19.6 Å². The molecule has 0 aliphatic heterocycles. The lowest BCUT2D eigenvalue weighted by molar-refractivity contribution is -0.129. The van der Waals surface area contributed by atoms with Crippen LogP contribution in [0, 0.1) is 5.92 Å². The maximum Gasteiger partial charge on any atom is 0.246 e. The van der Waals surface area contributed by atoms with Crippen molar-refractivity contribution in [2.75, 3.05) is 34.3 Å². The first-order valence-electron chi connectivity index (χ1n) is 10.4. The van der Waals surface area contributed by atoms with E-state index in [-0.39, 0.29) is 24.1 Å². The van der Waals surface area contributed by atoms with E-state index >= 15 is 0 Å². The highest BCUT2D eigenvalue weighted by Gasteiger charge is 2.26. The fraction of sp³-hybridized carbons (Fsp3) is 0.609. The van der Waals surface area contributed by atoms with E-state index in [1.54, 1.807) is 24.3 Å². The fourth-order valence-electron chi connectivity index (χ4n) is 3.80. The number of hydrogen-bond donors (Lipinski definition) is 1. The molecule has 6 heteroatoms. The molecule has 0 bridgehead atoms. The molecule has 0 saturated heterocycles. The first kappa shape index (κ1) is 25.3. The van der Waals surface area contributed by atoms with E-state index < -0.39 is 0 Å². The van der Waals surface area contributed by atoms with Crippen molar-refractivity contribution in [2.45, 2.75) is 51.5 Å². The van der Waals surface area contributed by atoms with Crippen LogP contribution in [-0.4, -0.2) is 61.2 Å². The van der Waals surface area contributed by atoms with Gasteiger partial charge in [0.25, 0.3) is 0 Å². The van der Waals surface area contributed by atoms with Crippen molar-refractivity contribution >= 4 is 24.4 Å². The molecule has 0 heterocycles. The van der Waals surface area contributed by atoms with Gasteiger partial charge in [-0.05, 0) is 88.9 Å². The van der Waals surface area contributed by atoms with Gasteiger partial charge in [0.2, 0.25) is 5.91 Å². The van der Waals surface area contributed by atoms with Crippen molar-refractivity contribution in [1.29, 1.82) is 0 Å². The third-order valence-corrected chi connectivity index (χ3v) is 5.59. The molecular weight excluding hydrogens is 388 g/mol. The van der Waals surface area contributed by atoms with Crippen LogP contribution in [0.1, 0.15) is 51.0 Å². The SMILES string of the molecule is COc1cc(C=CC(=O)N(CCCCN(C)C)[C@H]2CC[C@H](C)CC2)ccc1O.Cl. The van der Waals surface area contributed by atoms with Gasteiger partial charge in [-0.3, -0.25) is 4.79 Å². The molecule has 1 fully saturated rings. The van der Waals surface area contributed by atoms with Crippen molar-refractivity contribution in [2.24, 2.45) is 5.92 Å². The summed E-state index contributed by atoms with van der Waals surface area (Å²) in [7, 11) is 5.69. The number of phenolic OH excluding ortho intramolecular Hbond substituents is 1. The first-order valence-corrected chi connectivity index (χ1v) is 10.4. The molecule has 0 spiro atoms. The van der Waals surface area contributed by atoms with E-state index in [0.29, 0.717) is 11.8 Å². The summed E-state index contributed by atoms with van der Waals surface area (Å²) in [5.74, 6) is 1.36. The number of aromatic hydroxyl groups is 1. The number of halogens is 1. The van der Waals surface area contributed by atoms with E-state index in [0.717, 1.165) is 50.3 Å². The van der Waals surface area contributed by atoms with Crippen LogP contribution < -0.4 is 4.74 Å². The highest BCUT2D eigenvalue weighted by Crippen LogP contribution is 2.29. The van der Waals surface area contributed by atoms with Crippen molar-refractivity contribution in [1.82, 2.24) is 9.80 Å². The van der Waals surface area contributed by atoms with Crippen molar-refractivity contribution < 1.29 is 14.6 Å². The Bertz CT molecular complexity index is 656. The second-order valence-electron chi connectivity index (χ2n) is 8.22. The molecule has 29 heavy (non-hydrogen) atoms. The number of carbonyl (C=O) groups excluding carboxylic acids is 1. The maximum atomic E-state index is 13.0. The molecule has 1 N–H and O–H groups in total. The van der Waals surface area contributed by atoms with Crippen LogP contribution in [0.15, 0.2) is 24.3 Å². The number of nitrogens with zero attached hydrogens (tertiary/aromatic N) is 2. The number of methoxy groups -OCH3 is 1. The van der Waals surface area contributed by atoms with Gasteiger partial charge in [0.05, 0.1) is 7.11 Å². The van der Waals surface area contributed by atoms with Crippen molar-refractivity contribution in [3.8, 4) is 11.5 Å². The first-order chi connectivity index (χ1) is 13.4. The average molecular weight is 425 g/mol. The standard InChI is InChI=1S/C23H36N2O3.ClH/c1-18-7-11-20(12-8-18)25(16-6-5-15-24(2)3)23(27)14-10-19-9-13-21(26)22(17-19)28-4;/h9-10,13-14,17-18,20,26H,5-8,11-12,15-16H2,1-4H3;1H/t18-,20-;. The van der Waals surface area contributed by atoms with Gasteiger partial charge in [0.1, 0.15) is 0 Å². The number of hydrogen-bond acceptors (Lipinski definition) is 4. The van der Waals surface area contributed by atoms with E-state index in [1.807, 2.05) is 6.08 Å². The lowest BCUT2D eigenvalue weighted by Crippen LogP contribution is -2.42. The molecule has 1 aromatic rings. The second kappa shape index (κ2) is 12.8. The Labute approximate surface area is 182 Å². The summed E-state index contributed by atoms with van der Waals surface area (Å²) < 4.78 is 5.15. The second-order valence-corrected chi connectivity index (χ2v) is 8.22. The molecule has 5 nitrogen and oxygen atoms in total. The predicted molar refractivity (Wildman–Crippen MR) is 122 cm³/mol. The average Bonchev–Trinajstić information content (AvgIpc) is 2.68. The molecule has 1 aliphatic rings. The Morgan fingerprint density at radius 3 is 2.45 bits per heavy atom. The number of benzene rings is 1. The highest BCUT2D eigenvalue weighted by atomic mass is 35.5. The molecule has 164 valence electrons. The molecule has 1 saturated carbocycles. The van der Waals surface area contributed by atoms with Gasteiger partial charge in [-0.15, -0.1) is 12.4 Å². The largest absolute Gasteiger partial charge is 0.504 e. The van der Waals surface area contributed by atoms with Crippen LogP contribution in [0.4, 0.5) is 0 Å². The number of ether oxygens (including phenoxy) is 1. The Balaban J connectivity index is 0.00000420. The van der Waals surface area contributed by atoms with Crippen LogP contribution in [0.25, 0.3) is 6.08 Å². The minimum atomic E-state index is 0. The lowest BCUT2D eigenvalue weighted by Gasteiger charge is -2.36. The third-order valence-electron chi connectivity index (χ3n) is 5.59. The van der Waals surface area contributed by atoms with Gasteiger partial charge in [-0.25, -0.2) is 0 Å². The van der Waals surface area contributed by atoms with E-state index in [1.165, 1.54) is 20.0 Å². The molecule has 2 rings (SSSR count). The molecule has 0 atom stereocenters. The predicted octanol–water partition coefficient (Wildman–Crippen LogP) is 4.58. The van der Waals surface area contributed by atoms with Crippen LogP contribution in [0.5, 0.6) is 11.5 Å². The molecule has 0 unspecified atom stereocenters. The van der Waals surface area contributed by atoms with Gasteiger partial charge in [0.15, 0.2) is 11.5 Å². The molecule has 0 aromatic heterocycles.